The number of halogens is 1. The summed E-state index contributed by atoms with van der Waals surface area (Å²) < 4.78 is 38.9. The first-order chi connectivity index (χ1) is 22.0. The number of hydrogen-bond acceptors (Lipinski definition) is 9. The SMILES string of the molecule is CC[C@H](OC)[C@@H](C)[C@H]1O[C@@H]1C(N)C(C)(F)/C=C/C=C(\C)C1OC(=O)C[C@H](CC(C)(C)[Si](C)(C)O)CC[C@@](C)(O)[C@@H](OC(C)=O)/C=C/[C@@H]1C. The molecule has 0 spiro atoms. The Bertz CT molecular complexity index is 1170. The fraction of sp³-hybridized carbons (Fsp3) is 0.784. The van der Waals surface area contributed by atoms with Gasteiger partial charge in [-0.05, 0) is 88.2 Å². The Morgan fingerprint density at radius 2 is 1.88 bits per heavy atom. The van der Waals surface area contributed by atoms with Crippen LogP contribution in [0.2, 0.25) is 18.1 Å². The zero-order valence-electron chi connectivity index (χ0n) is 31.4. The summed E-state index contributed by atoms with van der Waals surface area (Å²) in [5, 5.41) is 11.1. The van der Waals surface area contributed by atoms with Crippen LogP contribution in [-0.4, -0.2) is 85.1 Å². The molecule has 11 atom stereocenters. The van der Waals surface area contributed by atoms with Crippen molar-refractivity contribution in [2.24, 2.45) is 23.5 Å². The number of methoxy groups -OCH3 is 1. The van der Waals surface area contributed by atoms with Gasteiger partial charge in [0.25, 0.3) is 0 Å². The van der Waals surface area contributed by atoms with Gasteiger partial charge in [-0.1, -0.05) is 52.8 Å². The molecule has 2 rings (SSSR count). The highest BCUT2D eigenvalue weighted by Gasteiger charge is 2.53. The smallest absolute Gasteiger partial charge is 0.306 e. The Hall–Kier alpha value is -1.89. The normalized spacial score (nSPS) is 33.4. The molecule has 4 N–H and O–H groups in total. The number of alkyl halides is 1. The van der Waals surface area contributed by atoms with E-state index >= 15 is 4.39 Å². The Balaban J connectivity index is 2.36. The molecule has 0 aliphatic carbocycles. The van der Waals surface area contributed by atoms with Crippen LogP contribution in [0.1, 0.15) is 94.4 Å². The lowest BCUT2D eigenvalue weighted by atomic mass is 9.83. The molecule has 2 aliphatic heterocycles. The van der Waals surface area contributed by atoms with E-state index in [0.717, 1.165) is 6.42 Å². The van der Waals surface area contributed by atoms with Crippen LogP contribution in [0, 0.1) is 17.8 Å². The third-order valence-corrected chi connectivity index (χ3v) is 14.3. The average Bonchev–Trinajstić information content (AvgIpc) is 3.76. The van der Waals surface area contributed by atoms with Crippen molar-refractivity contribution in [3.8, 4) is 0 Å². The molecular formula is C37H64FNO8Si. The van der Waals surface area contributed by atoms with Gasteiger partial charge in [0.1, 0.15) is 29.6 Å². The van der Waals surface area contributed by atoms with Crippen LogP contribution in [0.4, 0.5) is 4.39 Å². The zero-order valence-corrected chi connectivity index (χ0v) is 32.4. The topological polar surface area (TPSA) is 141 Å². The third-order valence-electron chi connectivity index (χ3n) is 10.8. The summed E-state index contributed by atoms with van der Waals surface area (Å²) in [5.74, 6) is -1.40. The monoisotopic (exact) mass is 697 g/mol. The number of epoxide rings is 1. The number of carbonyl (C=O) groups excluding carboxylic acids is 2. The minimum Gasteiger partial charge on any atom is -0.457 e. The first kappa shape index (κ1) is 42.3. The van der Waals surface area contributed by atoms with E-state index in [-0.39, 0.29) is 42.8 Å². The Labute approximate surface area is 289 Å². The van der Waals surface area contributed by atoms with Gasteiger partial charge >= 0.3 is 11.9 Å². The predicted octanol–water partition coefficient (Wildman–Crippen LogP) is 6.33. The summed E-state index contributed by atoms with van der Waals surface area (Å²) in [6.07, 6.45) is 8.11. The molecule has 0 aromatic carbocycles. The maximum Gasteiger partial charge on any atom is 0.306 e. The highest BCUT2D eigenvalue weighted by Crippen LogP contribution is 2.44. The molecule has 3 unspecified atom stereocenters. The van der Waals surface area contributed by atoms with Gasteiger partial charge in [0, 0.05) is 32.3 Å². The first-order valence-corrected chi connectivity index (χ1v) is 20.4. The molecule has 0 aromatic heterocycles. The molecule has 276 valence electrons. The molecule has 48 heavy (non-hydrogen) atoms. The highest BCUT2D eigenvalue weighted by molar-refractivity contribution is 6.72. The number of nitrogens with two attached hydrogens (primary N) is 1. The van der Waals surface area contributed by atoms with E-state index in [1.165, 1.54) is 19.9 Å². The van der Waals surface area contributed by atoms with Crippen LogP contribution >= 0.6 is 0 Å². The Kier molecular flexibility index (Phi) is 14.9. The molecule has 1 fully saturated rings. The van der Waals surface area contributed by atoms with Crippen LogP contribution < -0.4 is 5.73 Å². The van der Waals surface area contributed by atoms with Crippen LogP contribution in [0.5, 0.6) is 0 Å². The number of ether oxygens (including phenoxy) is 4. The lowest BCUT2D eigenvalue weighted by Crippen LogP contribution is -2.46. The summed E-state index contributed by atoms with van der Waals surface area (Å²) in [4.78, 5) is 36.5. The second-order valence-corrected chi connectivity index (χ2v) is 20.3. The zero-order chi connectivity index (χ0) is 36.8. The van der Waals surface area contributed by atoms with Gasteiger partial charge in [-0.2, -0.15) is 0 Å². The molecule has 0 radical (unpaired) electrons. The molecule has 11 heteroatoms. The van der Waals surface area contributed by atoms with Crippen molar-refractivity contribution in [2.75, 3.05) is 7.11 Å². The molecule has 1 saturated heterocycles. The number of carbonyl (C=O) groups is 2. The third kappa shape index (κ3) is 11.6. The van der Waals surface area contributed by atoms with Crippen LogP contribution in [0.25, 0.3) is 0 Å². The summed E-state index contributed by atoms with van der Waals surface area (Å²) in [5.41, 5.74) is 3.77. The van der Waals surface area contributed by atoms with Crippen molar-refractivity contribution >= 4 is 20.3 Å². The van der Waals surface area contributed by atoms with Crippen molar-refractivity contribution in [1.29, 1.82) is 0 Å². The Morgan fingerprint density at radius 3 is 2.42 bits per heavy atom. The van der Waals surface area contributed by atoms with Crippen molar-refractivity contribution < 1.29 is 42.8 Å². The van der Waals surface area contributed by atoms with Gasteiger partial charge in [-0.15, -0.1) is 0 Å². The van der Waals surface area contributed by atoms with Crippen molar-refractivity contribution in [2.45, 2.75) is 160 Å². The van der Waals surface area contributed by atoms with Crippen LogP contribution in [0.3, 0.4) is 0 Å². The second-order valence-electron chi connectivity index (χ2n) is 15.9. The van der Waals surface area contributed by atoms with E-state index in [1.54, 1.807) is 38.3 Å². The minimum atomic E-state index is -2.60. The molecule has 0 saturated carbocycles. The van der Waals surface area contributed by atoms with E-state index in [2.05, 4.69) is 0 Å². The van der Waals surface area contributed by atoms with Gasteiger partial charge in [0.05, 0.1) is 18.2 Å². The predicted molar refractivity (Wildman–Crippen MR) is 189 cm³/mol. The van der Waals surface area contributed by atoms with Crippen LogP contribution in [0.15, 0.2) is 36.0 Å². The maximum atomic E-state index is 15.9. The van der Waals surface area contributed by atoms with E-state index < -0.39 is 60.9 Å². The number of aliphatic hydroxyl groups is 1. The largest absolute Gasteiger partial charge is 0.457 e. The first-order valence-electron chi connectivity index (χ1n) is 17.5. The van der Waals surface area contributed by atoms with Crippen molar-refractivity contribution in [3.63, 3.8) is 0 Å². The Morgan fingerprint density at radius 1 is 1.25 bits per heavy atom. The van der Waals surface area contributed by atoms with E-state index in [4.69, 9.17) is 24.7 Å². The molecular weight excluding hydrogens is 633 g/mol. The number of hydrogen-bond donors (Lipinski definition) is 3. The van der Waals surface area contributed by atoms with Gasteiger partial charge < -0.3 is 34.6 Å². The molecule has 0 bridgehead atoms. The van der Waals surface area contributed by atoms with Crippen molar-refractivity contribution in [1.82, 2.24) is 0 Å². The average molecular weight is 698 g/mol. The standard InChI is InChI=1S/C37H64FNO8Si/c1-13-28(44-10)25(4)32-33(47-32)34(39)36(8,38)19-14-15-23(2)31-24(3)16-17-29(45-26(5)40)37(9,42)20-18-27(21-30(41)46-31)22-35(6,7)48(11,12)43/h14-17,19,24-25,27-29,31-34,42-43H,13,18,20-22,39H2,1-12H3/b17-16+,19-14+,23-15+/t24-,25+,27+,28-,29-,31?,32+,33-,34?,36?,37+/m0/s1. The van der Waals surface area contributed by atoms with Gasteiger partial charge in [0.2, 0.25) is 0 Å². The molecule has 0 amide bonds. The lowest BCUT2D eigenvalue weighted by molar-refractivity contribution is -0.156. The van der Waals surface area contributed by atoms with Gasteiger partial charge in [-0.25, -0.2) is 4.39 Å². The quantitative estimate of drug-likeness (QED) is 0.0662. The molecule has 2 heterocycles. The minimum absolute atomic E-state index is 0.00413. The molecule has 2 aliphatic rings. The van der Waals surface area contributed by atoms with Gasteiger partial charge in [0.15, 0.2) is 8.32 Å². The number of esters is 2. The second kappa shape index (κ2) is 16.9. The van der Waals surface area contributed by atoms with Crippen molar-refractivity contribution in [3.05, 3.63) is 36.0 Å². The van der Waals surface area contributed by atoms with E-state index in [1.807, 2.05) is 54.6 Å². The maximum absolute atomic E-state index is 15.9. The van der Waals surface area contributed by atoms with E-state index in [0.29, 0.717) is 18.4 Å². The number of cyclic esters (lactones) is 1. The van der Waals surface area contributed by atoms with Crippen LogP contribution in [-0.2, 0) is 28.5 Å². The van der Waals surface area contributed by atoms with Gasteiger partial charge in [-0.3, -0.25) is 9.59 Å². The molecule has 9 nitrogen and oxygen atoms in total. The van der Waals surface area contributed by atoms with E-state index in [9.17, 15) is 19.5 Å². The highest BCUT2D eigenvalue weighted by atomic mass is 28.4. The fourth-order valence-corrected chi connectivity index (χ4v) is 7.37. The fourth-order valence-electron chi connectivity index (χ4n) is 6.58. The molecule has 0 aromatic rings. The summed E-state index contributed by atoms with van der Waals surface area (Å²) >= 11 is 0. The summed E-state index contributed by atoms with van der Waals surface area (Å²) in [6.45, 7) is 19.9. The number of allylic oxidation sites excluding steroid dienone is 2. The summed E-state index contributed by atoms with van der Waals surface area (Å²) in [7, 11) is -0.937. The summed E-state index contributed by atoms with van der Waals surface area (Å²) in [6, 6.07) is -0.885. The lowest BCUT2D eigenvalue weighted by Gasteiger charge is -2.39. The number of rotatable bonds is 13.